The molecule has 4 rings (SSSR count). The topological polar surface area (TPSA) is 21.6 Å². The summed E-state index contributed by atoms with van der Waals surface area (Å²) in [6.45, 7) is 6.81. The van der Waals surface area contributed by atoms with Crippen LogP contribution in [-0.2, 0) is 4.74 Å². The van der Waals surface area contributed by atoms with E-state index in [1.54, 1.807) is 0 Å². The van der Waals surface area contributed by atoms with Crippen LogP contribution < -0.4 is 0 Å². The fourth-order valence-corrected chi connectivity index (χ4v) is 6.00. The van der Waals surface area contributed by atoms with Gasteiger partial charge in [0, 0.05) is 22.8 Å². The summed E-state index contributed by atoms with van der Waals surface area (Å²) in [6.07, 6.45) is 16.1. The van der Waals surface area contributed by atoms with E-state index in [1.165, 1.54) is 29.7 Å². The maximum Gasteiger partial charge on any atom is 0.132 e. The molecule has 3 atom stereocenters. The Morgan fingerprint density at radius 3 is 2.71 bits per heavy atom. The van der Waals surface area contributed by atoms with Crippen LogP contribution in [0.3, 0.4) is 0 Å². The third-order valence-electron chi connectivity index (χ3n) is 7.04. The van der Waals surface area contributed by atoms with Crippen molar-refractivity contribution in [1.82, 2.24) is 0 Å². The van der Waals surface area contributed by atoms with Gasteiger partial charge in [-0.2, -0.15) is 0 Å². The van der Waals surface area contributed by atoms with Crippen LogP contribution in [0.2, 0.25) is 0 Å². The van der Waals surface area contributed by atoms with Gasteiger partial charge in [0.15, 0.2) is 0 Å². The molecule has 184 valence electrons. The Labute approximate surface area is 207 Å². The first kappa shape index (κ1) is 25.2. The summed E-state index contributed by atoms with van der Waals surface area (Å²) < 4.78 is 34.7. The lowest BCUT2D eigenvalue weighted by Gasteiger charge is -2.30. The predicted octanol–water partition coefficient (Wildman–Crippen LogP) is 8.51. The van der Waals surface area contributed by atoms with E-state index in [1.807, 2.05) is 17.8 Å². The summed E-state index contributed by atoms with van der Waals surface area (Å²) in [5.41, 5.74) is 5.60. The van der Waals surface area contributed by atoms with Crippen molar-refractivity contribution in [2.45, 2.75) is 84.4 Å². The Morgan fingerprint density at radius 1 is 1.12 bits per heavy atom. The number of rotatable bonds is 6. The van der Waals surface area contributed by atoms with Gasteiger partial charge in [0.1, 0.15) is 24.6 Å². The third kappa shape index (κ3) is 6.41. The molecule has 0 aromatic rings. The van der Waals surface area contributed by atoms with Gasteiger partial charge in [-0.3, -0.25) is 4.99 Å². The number of aliphatic imine (C=N–C) groups is 1. The van der Waals surface area contributed by atoms with Crippen molar-refractivity contribution in [2.75, 3.05) is 12.4 Å². The van der Waals surface area contributed by atoms with Crippen molar-refractivity contribution < 1.29 is 13.5 Å². The Bertz CT molecular complexity index is 994. The van der Waals surface area contributed by atoms with Crippen LogP contribution in [0.1, 0.15) is 72.1 Å². The molecule has 0 aromatic heterocycles. The number of allylic oxidation sites excluding steroid dienone is 8. The Hall–Kier alpha value is -1.88. The molecule has 0 bridgehead atoms. The summed E-state index contributed by atoms with van der Waals surface area (Å²) in [7, 11) is 0. The van der Waals surface area contributed by atoms with Gasteiger partial charge in [-0.05, 0) is 94.1 Å². The second kappa shape index (κ2) is 11.7. The van der Waals surface area contributed by atoms with Crippen molar-refractivity contribution in [3.05, 3.63) is 69.2 Å². The first-order chi connectivity index (χ1) is 16.4. The molecule has 0 saturated heterocycles. The molecule has 3 aliphatic carbocycles. The van der Waals surface area contributed by atoms with Crippen LogP contribution in [0.25, 0.3) is 0 Å². The molecular formula is C29H37F2NOS. The van der Waals surface area contributed by atoms with Crippen LogP contribution in [0.15, 0.2) is 74.2 Å². The van der Waals surface area contributed by atoms with E-state index in [0.29, 0.717) is 13.0 Å². The first-order valence-electron chi connectivity index (χ1n) is 12.7. The molecule has 2 nitrogen and oxygen atoms in total. The number of hydrogen-bond acceptors (Lipinski definition) is 3. The summed E-state index contributed by atoms with van der Waals surface area (Å²) in [5.74, 6) is 1.34. The number of ether oxygens (including phenoxy) is 1. The fraction of sp³-hybridized carbons (Fsp3) is 0.552. The highest BCUT2D eigenvalue weighted by atomic mass is 32.2. The molecule has 1 heterocycles. The van der Waals surface area contributed by atoms with Crippen LogP contribution in [0.4, 0.5) is 8.78 Å². The van der Waals surface area contributed by atoms with Gasteiger partial charge < -0.3 is 4.74 Å². The van der Waals surface area contributed by atoms with Crippen molar-refractivity contribution in [3.8, 4) is 0 Å². The van der Waals surface area contributed by atoms with Gasteiger partial charge >= 0.3 is 0 Å². The van der Waals surface area contributed by atoms with E-state index < -0.39 is 6.17 Å². The van der Waals surface area contributed by atoms with Gasteiger partial charge in [0.05, 0.1) is 5.83 Å². The average Bonchev–Trinajstić information content (AvgIpc) is 3.17. The molecule has 4 aliphatic rings. The summed E-state index contributed by atoms with van der Waals surface area (Å²) in [4.78, 5) is 6.45. The molecule has 3 unspecified atom stereocenters. The molecular weight excluding hydrogens is 448 g/mol. The van der Waals surface area contributed by atoms with Crippen molar-refractivity contribution >= 4 is 17.5 Å². The third-order valence-corrected chi connectivity index (χ3v) is 8.14. The van der Waals surface area contributed by atoms with Crippen LogP contribution >= 0.6 is 11.8 Å². The Balaban J connectivity index is 1.67. The molecule has 0 spiro atoms. The lowest BCUT2D eigenvalue weighted by Crippen LogP contribution is -2.24. The van der Waals surface area contributed by atoms with E-state index in [9.17, 15) is 8.78 Å². The minimum Gasteiger partial charge on any atom is -0.490 e. The zero-order valence-corrected chi connectivity index (χ0v) is 21.5. The molecule has 5 heteroatoms. The van der Waals surface area contributed by atoms with Gasteiger partial charge in [0.2, 0.25) is 0 Å². The predicted molar refractivity (Wildman–Crippen MR) is 141 cm³/mol. The molecule has 0 fully saturated rings. The van der Waals surface area contributed by atoms with Gasteiger partial charge in [-0.15, -0.1) is 11.8 Å². The molecule has 0 saturated carbocycles. The van der Waals surface area contributed by atoms with Crippen molar-refractivity contribution in [3.63, 3.8) is 0 Å². The van der Waals surface area contributed by atoms with Gasteiger partial charge in [-0.1, -0.05) is 30.2 Å². The van der Waals surface area contributed by atoms with Crippen LogP contribution in [0, 0.1) is 5.92 Å². The molecule has 0 N–H and O–H groups in total. The smallest absolute Gasteiger partial charge is 0.132 e. The number of alkyl halides is 1. The number of halogens is 2. The standard InChI is InChI=1S/C29H37F2NOS/c1-19(2)27-15-23(22-13-24(30)17-25(31)14-22)16-28(33-18-26-11-8-12-34-26)29(27)32-20(3)21-9-6-4-5-7-10-21/h9,11,15-17,22,24,29H,4-8,10,12-14,18H2,1-3H3. The van der Waals surface area contributed by atoms with Crippen molar-refractivity contribution in [2.24, 2.45) is 10.9 Å². The van der Waals surface area contributed by atoms with Crippen LogP contribution in [-0.4, -0.2) is 30.3 Å². The highest BCUT2D eigenvalue weighted by Gasteiger charge is 2.31. The largest absolute Gasteiger partial charge is 0.490 e. The molecule has 1 aliphatic heterocycles. The number of thioether (sulfide) groups is 1. The normalized spacial score (nSPS) is 28.4. The van der Waals surface area contributed by atoms with E-state index >= 15 is 0 Å². The molecule has 34 heavy (non-hydrogen) atoms. The quantitative estimate of drug-likeness (QED) is 0.352. The highest BCUT2D eigenvalue weighted by Crippen LogP contribution is 2.39. The second-order valence-corrected chi connectivity index (χ2v) is 11.2. The van der Waals surface area contributed by atoms with E-state index in [0.717, 1.165) is 59.3 Å². The van der Waals surface area contributed by atoms with Crippen LogP contribution in [0.5, 0.6) is 0 Å². The summed E-state index contributed by atoms with van der Waals surface area (Å²) >= 11 is 1.84. The molecule has 0 amide bonds. The molecule has 0 aromatic carbocycles. The Kier molecular flexibility index (Phi) is 8.68. The maximum atomic E-state index is 14.2. The maximum absolute atomic E-state index is 14.2. The van der Waals surface area contributed by atoms with Gasteiger partial charge in [0.25, 0.3) is 0 Å². The lowest BCUT2D eigenvalue weighted by molar-refractivity contribution is 0.227. The first-order valence-corrected chi connectivity index (χ1v) is 13.7. The zero-order valence-electron chi connectivity index (χ0n) is 20.7. The minimum absolute atomic E-state index is 0.191. The fourth-order valence-electron chi connectivity index (χ4n) is 5.12. The number of nitrogens with zero attached hydrogens (tertiary/aromatic N) is 1. The Morgan fingerprint density at radius 2 is 1.97 bits per heavy atom. The van der Waals surface area contributed by atoms with Crippen molar-refractivity contribution in [1.29, 1.82) is 0 Å². The highest BCUT2D eigenvalue weighted by molar-refractivity contribution is 8.03. The summed E-state index contributed by atoms with van der Waals surface area (Å²) in [5, 5.41) is 0. The second-order valence-electron chi connectivity index (χ2n) is 9.95. The van der Waals surface area contributed by atoms with E-state index in [-0.39, 0.29) is 24.2 Å². The lowest BCUT2D eigenvalue weighted by atomic mass is 9.81. The van der Waals surface area contributed by atoms with E-state index in [4.69, 9.17) is 9.73 Å². The average molecular weight is 486 g/mol. The van der Waals surface area contributed by atoms with E-state index in [2.05, 4.69) is 39.0 Å². The molecule has 0 radical (unpaired) electrons. The SMILES string of the molecule is CC(=NC1C(OCC2=CCCS2)=CC(C2CC(F)=CC(F)C2)=CC1=C(C)C)C1=CCCCCC1. The monoisotopic (exact) mass is 485 g/mol. The van der Waals surface area contributed by atoms with Gasteiger partial charge in [-0.25, -0.2) is 8.78 Å². The summed E-state index contributed by atoms with van der Waals surface area (Å²) in [6, 6.07) is -0.227. The minimum atomic E-state index is -1.24. The number of hydrogen-bond donors (Lipinski definition) is 0. The zero-order chi connectivity index (χ0) is 24.1.